The summed E-state index contributed by atoms with van der Waals surface area (Å²) >= 11 is 1.28. The Morgan fingerprint density at radius 3 is 2.46 bits per heavy atom. The minimum Gasteiger partial charge on any atom is -0.478 e. The molecule has 1 fully saturated rings. The number of hydrogen-bond donors (Lipinski definition) is 3. The molecule has 2 aliphatic rings. The fourth-order valence-electron chi connectivity index (χ4n) is 2.77. The first kappa shape index (κ1) is 18.0. The van der Waals surface area contributed by atoms with Crippen molar-refractivity contribution in [1.29, 1.82) is 0 Å². The second kappa shape index (κ2) is 6.81. The van der Waals surface area contributed by atoms with Gasteiger partial charge in [0.2, 0.25) is 5.91 Å². The Bertz CT molecular complexity index is 851. The lowest BCUT2D eigenvalue weighted by Crippen LogP contribution is -2.68. The fourth-order valence-corrected chi connectivity index (χ4v) is 4.04. The molecule has 2 heterocycles. The summed E-state index contributed by atoms with van der Waals surface area (Å²) in [4.78, 5) is 47.9. The monoisotopic (exact) mass is 378 g/mol. The van der Waals surface area contributed by atoms with E-state index in [1.165, 1.54) is 36.0 Å². The molecule has 0 aliphatic carbocycles. The van der Waals surface area contributed by atoms with E-state index in [4.69, 9.17) is 15.6 Å². The van der Waals surface area contributed by atoms with E-state index in [1.54, 1.807) is 0 Å². The zero-order chi connectivity index (χ0) is 19.0. The van der Waals surface area contributed by atoms with E-state index in [2.05, 4.69) is 0 Å². The van der Waals surface area contributed by atoms with Crippen LogP contribution in [0.3, 0.4) is 0 Å². The molecule has 1 saturated heterocycles. The molecule has 2 atom stereocenters. The van der Waals surface area contributed by atoms with Crippen molar-refractivity contribution in [3.8, 4) is 0 Å². The van der Waals surface area contributed by atoms with Crippen molar-refractivity contribution in [2.75, 3.05) is 12.4 Å². The van der Waals surface area contributed by atoms with E-state index >= 15 is 0 Å². The number of fused-ring (bicyclic) bond motifs is 1. The van der Waals surface area contributed by atoms with Crippen LogP contribution in [0.4, 0.5) is 0 Å². The van der Waals surface area contributed by atoms with Gasteiger partial charge in [0.15, 0.2) is 0 Å². The van der Waals surface area contributed by atoms with E-state index in [9.17, 15) is 24.3 Å². The normalized spacial score (nSPS) is 21.7. The molecule has 10 heteroatoms. The molecule has 2 aliphatic heterocycles. The summed E-state index contributed by atoms with van der Waals surface area (Å²) in [5.74, 6) is -3.75. The van der Waals surface area contributed by atoms with E-state index in [0.29, 0.717) is 0 Å². The summed E-state index contributed by atoms with van der Waals surface area (Å²) in [5.41, 5.74) is 5.32. The molecule has 3 rings (SSSR count). The summed E-state index contributed by atoms with van der Waals surface area (Å²) in [6.07, 6.45) is 0. The van der Waals surface area contributed by atoms with Crippen LogP contribution in [0.5, 0.6) is 0 Å². The number of carboxylic acid groups (broad SMARTS) is 2. The van der Waals surface area contributed by atoms with Crippen LogP contribution in [0.2, 0.25) is 0 Å². The highest BCUT2D eigenvalue weighted by molar-refractivity contribution is 8.00. The molecule has 0 saturated carbocycles. The van der Waals surface area contributed by atoms with Crippen LogP contribution in [0, 0.1) is 0 Å². The van der Waals surface area contributed by atoms with Crippen LogP contribution in [0.15, 0.2) is 35.5 Å². The van der Waals surface area contributed by atoms with Gasteiger partial charge in [0, 0.05) is 11.3 Å². The molecular formula is C16H14N2O7S. The highest BCUT2D eigenvalue weighted by Gasteiger charge is 2.51. The third-order valence-corrected chi connectivity index (χ3v) is 5.41. The summed E-state index contributed by atoms with van der Waals surface area (Å²) in [5, 5.41) is 18.1. The predicted octanol–water partition coefficient (Wildman–Crippen LogP) is 0.123. The van der Waals surface area contributed by atoms with Gasteiger partial charge in [-0.2, -0.15) is 0 Å². The largest absolute Gasteiger partial charge is 0.478 e. The number of aliphatic carboxylic acids is 1. The van der Waals surface area contributed by atoms with Crippen molar-refractivity contribution in [2.45, 2.75) is 11.4 Å². The SMILES string of the molecule is N[C@@H]1C(=O)N2C(C(=O)O)=C(COC(=O)c3ccccc3C(=O)O)CS[C@@H]12. The van der Waals surface area contributed by atoms with Gasteiger partial charge in [-0.1, -0.05) is 12.1 Å². The lowest BCUT2D eigenvalue weighted by molar-refractivity contribution is -0.148. The number of carboxylic acids is 2. The Balaban J connectivity index is 1.80. The number of aromatic carboxylic acids is 1. The van der Waals surface area contributed by atoms with E-state index < -0.39 is 35.2 Å². The molecule has 26 heavy (non-hydrogen) atoms. The van der Waals surface area contributed by atoms with Crippen molar-refractivity contribution in [2.24, 2.45) is 5.73 Å². The number of hydrogen-bond acceptors (Lipinski definition) is 7. The number of amides is 1. The topological polar surface area (TPSA) is 147 Å². The molecule has 0 bridgehead atoms. The van der Waals surface area contributed by atoms with Crippen molar-refractivity contribution in [3.05, 3.63) is 46.7 Å². The number of carbonyl (C=O) groups excluding carboxylic acids is 2. The summed E-state index contributed by atoms with van der Waals surface area (Å²) in [7, 11) is 0. The number of β-lactam (4-membered cyclic amide) rings is 1. The van der Waals surface area contributed by atoms with Gasteiger partial charge < -0.3 is 20.7 Å². The Hall–Kier alpha value is -2.85. The Morgan fingerprint density at radius 2 is 1.85 bits per heavy atom. The van der Waals surface area contributed by atoms with E-state index in [0.717, 1.165) is 4.90 Å². The second-order valence-corrected chi connectivity index (χ2v) is 6.72. The zero-order valence-corrected chi connectivity index (χ0v) is 14.1. The van der Waals surface area contributed by atoms with Crippen molar-refractivity contribution >= 4 is 35.6 Å². The minimum absolute atomic E-state index is 0.138. The van der Waals surface area contributed by atoms with Gasteiger partial charge in [0.05, 0.1) is 11.1 Å². The molecule has 9 nitrogen and oxygen atoms in total. The number of thioether (sulfide) groups is 1. The first-order chi connectivity index (χ1) is 12.3. The molecule has 4 N–H and O–H groups in total. The average Bonchev–Trinajstić information content (AvgIpc) is 2.64. The third-order valence-electron chi connectivity index (χ3n) is 4.05. The number of carbonyl (C=O) groups is 4. The highest BCUT2D eigenvalue weighted by atomic mass is 32.2. The molecular weight excluding hydrogens is 364 g/mol. The van der Waals surface area contributed by atoms with Crippen molar-refractivity contribution < 1.29 is 34.1 Å². The summed E-state index contributed by atoms with van der Waals surface area (Å²) in [6, 6.07) is 4.79. The highest BCUT2D eigenvalue weighted by Crippen LogP contribution is 2.39. The lowest BCUT2D eigenvalue weighted by atomic mass is 10.0. The van der Waals surface area contributed by atoms with Crippen LogP contribution >= 0.6 is 11.8 Å². The first-order valence-corrected chi connectivity index (χ1v) is 8.52. The number of nitrogens with two attached hydrogens (primary N) is 1. The molecule has 136 valence electrons. The minimum atomic E-state index is -1.31. The maximum atomic E-state index is 12.2. The quantitative estimate of drug-likeness (QED) is 0.480. The lowest BCUT2D eigenvalue weighted by Gasteiger charge is -2.47. The maximum absolute atomic E-state index is 12.2. The smallest absolute Gasteiger partial charge is 0.352 e. The number of nitrogens with zero attached hydrogens (tertiary/aromatic N) is 1. The second-order valence-electron chi connectivity index (χ2n) is 5.62. The van der Waals surface area contributed by atoms with Gasteiger partial charge in [-0.3, -0.25) is 9.69 Å². The van der Waals surface area contributed by atoms with Gasteiger partial charge in [-0.15, -0.1) is 11.8 Å². The van der Waals surface area contributed by atoms with Crippen molar-refractivity contribution in [1.82, 2.24) is 4.90 Å². The molecule has 1 aromatic carbocycles. The fraction of sp³-hybridized carbons (Fsp3) is 0.250. The van der Waals surface area contributed by atoms with Gasteiger partial charge >= 0.3 is 17.9 Å². The number of esters is 1. The molecule has 1 aromatic rings. The Labute approximate surface area is 151 Å². The van der Waals surface area contributed by atoms with E-state index in [1.807, 2.05) is 0 Å². The van der Waals surface area contributed by atoms with Gasteiger partial charge in [0.1, 0.15) is 23.7 Å². The van der Waals surface area contributed by atoms with Gasteiger partial charge in [-0.05, 0) is 12.1 Å². The Morgan fingerprint density at radius 1 is 1.19 bits per heavy atom. The Kier molecular flexibility index (Phi) is 4.70. The standard InChI is InChI=1S/C16H14N2O7S/c17-10-12(19)18-11(15(22)23)7(6-26-13(10)18)5-25-16(24)9-4-2-1-3-8(9)14(20)21/h1-4,10,13H,5-6,17H2,(H,20,21)(H,22,23)/t10-,13+/m1/s1. The molecule has 0 unspecified atom stereocenters. The maximum Gasteiger partial charge on any atom is 0.352 e. The summed E-state index contributed by atoms with van der Waals surface area (Å²) < 4.78 is 5.10. The van der Waals surface area contributed by atoms with E-state index in [-0.39, 0.29) is 34.8 Å². The van der Waals surface area contributed by atoms with Gasteiger partial charge in [-0.25, -0.2) is 14.4 Å². The zero-order valence-electron chi connectivity index (χ0n) is 13.2. The average molecular weight is 378 g/mol. The third kappa shape index (κ3) is 2.93. The first-order valence-electron chi connectivity index (χ1n) is 7.48. The molecule has 0 spiro atoms. The van der Waals surface area contributed by atoms with Crippen LogP contribution in [0.25, 0.3) is 0 Å². The predicted molar refractivity (Wildman–Crippen MR) is 89.4 cm³/mol. The number of ether oxygens (including phenoxy) is 1. The van der Waals surface area contributed by atoms with Crippen LogP contribution in [0.1, 0.15) is 20.7 Å². The van der Waals surface area contributed by atoms with Gasteiger partial charge in [0.25, 0.3) is 0 Å². The van der Waals surface area contributed by atoms with Crippen LogP contribution in [-0.4, -0.2) is 62.7 Å². The molecule has 1 amide bonds. The number of rotatable bonds is 5. The van der Waals surface area contributed by atoms with Crippen LogP contribution < -0.4 is 5.73 Å². The molecule has 0 radical (unpaired) electrons. The van der Waals surface area contributed by atoms with Crippen LogP contribution in [-0.2, 0) is 14.3 Å². The number of benzene rings is 1. The summed E-state index contributed by atoms with van der Waals surface area (Å²) in [6.45, 7) is -0.368. The molecule has 0 aromatic heterocycles. The van der Waals surface area contributed by atoms with Crippen molar-refractivity contribution in [3.63, 3.8) is 0 Å².